The van der Waals surface area contributed by atoms with Gasteiger partial charge in [-0.1, -0.05) is 75.9 Å². The number of aromatic nitrogens is 2. The Hall–Kier alpha value is -2.63. The molecule has 0 saturated carbocycles. The molecule has 5 rings (SSSR count). The highest BCUT2D eigenvalue weighted by Crippen LogP contribution is 2.41. The van der Waals surface area contributed by atoms with Gasteiger partial charge in [-0.05, 0) is 46.4 Å². The van der Waals surface area contributed by atoms with E-state index in [1.807, 2.05) is 13.0 Å². The summed E-state index contributed by atoms with van der Waals surface area (Å²) in [6, 6.07) is 15.0. The lowest BCUT2D eigenvalue weighted by Crippen LogP contribution is -2.37. The fourth-order valence-electron chi connectivity index (χ4n) is 4.42. The Morgan fingerprint density at radius 2 is 1.67 bits per heavy atom. The zero-order valence-electron chi connectivity index (χ0n) is 20.3. The van der Waals surface area contributed by atoms with E-state index in [-0.39, 0.29) is 11.2 Å². The number of rotatable bonds is 2. The van der Waals surface area contributed by atoms with Crippen LogP contribution in [0.4, 0.5) is 4.39 Å². The second kappa shape index (κ2) is 7.44. The molecule has 0 aliphatic carbocycles. The van der Waals surface area contributed by atoms with E-state index in [2.05, 4.69) is 86.8 Å². The summed E-state index contributed by atoms with van der Waals surface area (Å²) in [7, 11) is -1.48. The fraction of sp³-hybridized carbons (Fsp3) is 0.286. The minimum atomic E-state index is -1.48. The lowest BCUT2D eigenvalue weighted by Gasteiger charge is -2.18. The molecular formula is C28H29FN2SSi. The zero-order chi connectivity index (χ0) is 23.7. The van der Waals surface area contributed by atoms with Crippen LogP contribution in [0.15, 0.2) is 48.8 Å². The van der Waals surface area contributed by atoms with Crippen molar-refractivity contribution in [1.29, 1.82) is 0 Å². The van der Waals surface area contributed by atoms with Crippen LogP contribution in [0.5, 0.6) is 0 Å². The first kappa shape index (κ1) is 22.2. The van der Waals surface area contributed by atoms with Gasteiger partial charge in [0.25, 0.3) is 0 Å². The van der Waals surface area contributed by atoms with Crippen LogP contribution in [0, 0.1) is 12.7 Å². The Kier molecular flexibility index (Phi) is 5.00. The Morgan fingerprint density at radius 3 is 2.36 bits per heavy atom. The van der Waals surface area contributed by atoms with Crippen molar-refractivity contribution in [2.45, 2.75) is 52.8 Å². The van der Waals surface area contributed by atoms with Crippen molar-refractivity contribution < 1.29 is 4.39 Å². The maximum absolute atomic E-state index is 15.8. The molecule has 0 N–H and O–H groups in total. The van der Waals surface area contributed by atoms with Gasteiger partial charge in [0, 0.05) is 15.6 Å². The van der Waals surface area contributed by atoms with Crippen LogP contribution < -0.4 is 5.19 Å². The molecule has 2 heterocycles. The predicted octanol–water partition coefficient (Wildman–Crippen LogP) is 7.95. The van der Waals surface area contributed by atoms with Gasteiger partial charge in [-0.25, -0.2) is 14.4 Å². The van der Waals surface area contributed by atoms with Crippen molar-refractivity contribution in [1.82, 2.24) is 9.97 Å². The zero-order valence-corrected chi connectivity index (χ0v) is 22.1. The molecular weight excluding hydrogens is 443 g/mol. The van der Waals surface area contributed by atoms with E-state index in [4.69, 9.17) is 0 Å². The Bertz CT molecular complexity index is 1550. The lowest BCUT2D eigenvalue weighted by molar-refractivity contribution is 0.591. The molecule has 0 unspecified atom stereocenters. The molecule has 0 amide bonds. The van der Waals surface area contributed by atoms with Gasteiger partial charge in [0.15, 0.2) is 0 Å². The van der Waals surface area contributed by atoms with E-state index in [9.17, 15) is 0 Å². The summed E-state index contributed by atoms with van der Waals surface area (Å²) in [5, 5.41) is 4.49. The molecule has 3 aromatic carbocycles. The van der Waals surface area contributed by atoms with E-state index in [0.29, 0.717) is 16.8 Å². The maximum Gasteiger partial charge on any atom is 0.136 e. The number of fused-ring (bicyclic) bond motifs is 4. The minimum absolute atomic E-state index is 0.0647. The summed E-state index contributed by atoms with van der Waals surface area (Å²) in [5.41, 5.74) is 4.15. The normalized spacial score (nSPS) is 12.8. The molecule has 168 valence electrons. The van der Waals surface area contributed by atoms with Crippen LogP contribution >= 0.6 is 11.3 Å². The molecule has 5 heteroatoms. The van der Waals surface area contributed by atoms with Gasteiger partial charge in [0.1, 0.15) is 12.1 Å². The molecule has 5 aromatic rings. The first-order valence-electron chi connectivity index (χ1n) is 11.4. The van der Waals surface area contributed by atoms with Crippen molar-refractivity contribution >= 4 is 55.7 Å². The van der Waals surface area contributed by atoms with Crippen molar-refractivity contribution in [3.63, 3.8) is 0 Å². The number of halogens is 1. The number of aryl methyl sites for hydroxylation is 1. The molecule has 0 aliphatic heterocycles. The van der Waals surface area contributed by atoms with Crippen LogP contribution in [-0.4, -0.2) is 18.0 Å². The SMILES string of the molecule is Cc1c(F)c(-c2ncnc3c2sc2cc(C(C)(C)C)ccc23)cc2ccc([Si](C)(C)C)cc12. The molecule has 0 radical (unpaired) electrons. The average molecular weight is 473 g/mol. The Balaban J connectivity index is 1.76. The van der Waals surface area contributed by atoms with Crippen molar-refractivity contribution in [2.24, 2.45) is 0 Å². The third kappa shape index (κ3) is 3.67. The molecule has 0 fully saturated rings. The van der Waals surface area contributed by atoms with Crippen molar-refractivity contribution in [2.75, 3.05) is 0 Å². The summed E-state index contributed by atoms with van der Waals surface area (Å²) >= 11 is 1.65. The molecule has 2 nitrogen and oxygen atoms in total. The highest BCUT2D eigenvalue weighted by Gasteiger charge is 2.22. The van der Waals surface area contributed by atoms with Gasteiger partial charge < -0.3 is 0 Å². The molecule has 0 atom stereocenters. The highest BCUT2D eigenvalue weighted by atomic mass is 32.1. The Morgan fingerprint density at radius 1 is 0.909 bits per heavy atom. The third-order valence-electron chi connectivity index (χ3n) is 6.56. The van der Waals surface area contributed by atoms with Gasteiger partial charge in [-0.15, -0.1) is 11.3 Å². The van der Waals surface area contributed by atoms with Gasteiger partial charge in [0.2, 0.25) is 0 Å². The molecule has 2 aromatic heterocycles. The summed E-state index contributed by atoms with van der Waals surface area (Å²) < 4.78 is 17.9. The molecule has 33 heavy (non-hydrogen) atoms. The van der Waals surface area contributed by atoms with Crippen LogP contribution in [0.1, 0.15) is 31.9 Å². The molecule has 0 saturated heterocycles. The summed E-state index contributed by atoms with van der Waals surface area (Å²) in [6.45, 7) is 15.5. The summed E-state index contributed by atoms with van der Waals surface area (Å²) in [5.74, 6) is -0.192. The predicted molar refractivity (Wildman–Crippen MR) is 144 cm³/mol. The van der Waals surface area contributed by atoms with E-state index in [1.165, 1.54) is 10.8 Å². The lowest BCUT2D eigenvalue weighted by atomic mass is 9.87. The molecule has 0 aliphatic rings. The van der Waals surface area contributed by atoms with Crippen molar-refractivity contribution in [3.8, 4) is 11.3 Å². The van der Waals surface area contributed by atoms with Gasteiger partial charge in [-0.2, -0.15) is 0 Å². The van der Waals surface area contributed by atoms with E-state index >= 15 is 4.39 Å². The largest absolute Gasteiger partial charge is 0.235 e. The average Bonchev–Trinajstić information content (AvgIpc) is 3.13. The summed E-state index contributed by atoms with van der Waals surface area (Å²) in [6.07, 6.45) is 1.56. The number of hydrogen-bond acceptors (Lipinski definition) is 3. The number of nitrogens with zero attached hydrogens (tertiary/aromatic N) is 2. The standard InChI is InChI=1S/C28H29FN2SSi/c1-16-21-14-19(33(5,6)7)10-8-17(21)12-22(24(16)29)26-27-25(30-15-31-26)20-11-9-18(28(2,3)4)13-23(20)32-27/h8-15H,1-7H3. The second-order valence-corrected chi connectivity index (χ2v) is 17.1. The maximum atomic E-state index is 15.8. The van der Waals surface area contributed by atoms with Gasteiger partial charge in [0.05, 0.1) is 24.0 Å². The monoisotopic (exact) mass is 472 g/mol. The van der Waals surface area contributed by atoms with E-state index < -0.39 is 8.07 Å². The fourth-order valence-corrected chi connectivity index (χ4v) is 6.78. The van der Waals surface area contributed by atoms with Gasteiger partial charge >= 0.3 is 0 Å². The first-order chi connectivity index (χ1) is 15.4. The third-order valence-corrected chi connectivity index (χ3v) is 9.75. The van der Waals surface area contributed by atoms with E-state index in [0.717, 1.165) is 31.1 Å². The molecule has 0 spiro atoms. The second-order valence-electron chi connectivity index (χ2n) is 11.0. The van der Waals surface area contributed by atoms with Crippen molar-refractivity contribution in [3.05, 3.63) is 65.7 Å². The highest BCUT2D eigenvalue weighted by molar-refractivity contribution is 7.26. The molecule has 0 bridgehead atoms. The van der Waals surface area contributed by atoms with Crippen LogP contribution in [0.2, 0.25) is 19.6 Å². The van der Waals surface area contributed by atoms with Gasteiger partial charge in [-0.3, -0.25) is 0 Å². The number of benzene rings is 3. The first-order valence-corrected chi connectivity index (χ1v) is 15.7. The Labute approximate surface area is 199 Å². The van der Waals surface area contributed by atoms with E-state index in [1.54, 1.807) is 17.7 Å². The summed E-state index contributed by atoms with van der Waals surface area (Å²) in [4.78, 5) is 9.16. The number of thiophene rings is 1. The topological polar surface area (TPSA) is 25.8 Å². The smallest absolute Gasteiger partial charge is 0.136 e. The quantitative estimate of drug-likeness (QED) is 0.244. The minimum Gasteiger partial charge on any atom is -0.235 e. The van der Waals surface area contributed by atoms with Crippen LogP contribution in [-0.2, 0) is 5.41 Å². The van der Waals surface area contributed by atoms with Crippen LogP contribution in [0.3, 0.4) is 0 Å². The number of hydrogen-bond donors (Lipinski definition) is 0. The van der Waals surface area contributed by atoms with Crippen LogP contribution in [0.25, 0.3) is 42.3 Å².